The van der Waals surface area contributed by atoms with Gasteiger partial charge in [0.1, 0.15) is 0 Å². The van der Waals surface area contributed by atoms with E-state index in [1.807, 2.05) is 0 Å². The van der Waals surface area contributed by atoms with Gasteiger partial charge in [-0.05, 0) is 38.5 Å². The highest BCUT2D eigenvalue weighted by Crippen LogP contribution is 2.24. The first kappa shape index (κ1) is 9.28. The fourth-order valence-electron chi connectivity index (χ4n) is 1.85. The van der Waals surface area contributed by atoms with Crippen molar-refractivity contribution in [3.63, 3.8) is 0 Å². The van der Waals surface area contributed by atoms with E-state index in [-0.39, 0.29) is 0 Å². The van der Waals surface area contributed by atoms with Gasteiger partial charge in [-0.1, -0.05) is 18.2 Å². The molecule has 0 fully saturated rings. The number of rotatable bonds is 1. The number of aryl methyl sites for hydroxylation is 1. The Kier molecular flexibility index (Phi) is 2.30. The van der Waals surface area contributed by atoms with Gasteiger partial charge in [0.25, 0.3) is 0 Å². The Morgan fingerprint density at radius 1 is 1.21 bits per heavy atom. The molecule has 0 aromatic heterocycles. The summed E-state index contributed by atoms with van der Waals surface area (Å²) in [4.78, 5) is 0. The molecule has 1 heterocycles. The van der Waals surface area contributed by atoms with Gasteiger partial charge in [-0.25, -0.2) is 5.43 Å². The maximum Gasteiger partial charge on any atom is 0.0603 e. The molecule has 1 unspecified atom stereocenters. The number of nitrogens with zero attached hydrogens (tertiary/aromatic N) is 1. The zero-order chi connectivity index (χ0) is 10.1. The summed E-state index contributed by atoms with van der Waals surface area (Å²) >= 11 is 0. The van der Waals surface area contributed by atoms with Crippen LogP contribution in [0.5, 0.6) is 0 Å². The Morgan fingerprint density at radius 2 is 1.93 bits per heavy atom. The second-order valence-corrected chi connectivity index (χ2v) is 3.85. The summed E-state index contributed by atoms with van der Waals surface area (Å²) < 4.78 is 0. The van der Waals surface area contributed by atoms with E-state index in [1.54, 1.807) is 0 Å². The Balaban J connectivity index is 2.34. The number of anilines is 1. The molecule has 1 aliphatic rings. The number of hydrogen-bond acceptors (Lipinski definition) is 2. The molecule has 0 aliphatic carbocycles. The topological polar surface area (TPSA) is 15.3 Å². The van der Waals surface area contributed by atoms with Crippen molar-refractivity contribution in [2.75, 3.05) is 5.01 Å². The van der Waals surface area contributed by atoms with Crippen molar-refractivity contribution < 1.29 is 0 Å². The number of hydrazine groups is 1. The predicted molar refractivity (Wildman–Crippen MR) is 60.0 cm³/mol. The summed E-state index contributed by atoms with van der Waals surface area (Å²) in [6.07, 6.45) is 2.23. The summed E-state index contributed by atoms with van der Waals surface area (Å²) in [7, 11) is 0. The minimum atomic E-state index is 0.426. The van der Waals surface area contributed by atoms with Gasteiger partial charge in [0.15, 0.2) is 0 Å². The number of hydrogen-bond donors (Lipinski definition) is 1. The lowest BCUT2D eigenvalue weighted by Gasteiger charge is -2.23. The molecule has 0 bridgehead atoms. The normalized spacial score (nSPS) is 21.2. The third-order valence-electron chi connectivity index (χ3n) is 2.53. The van der Waals surface area contributed by atoms with E-state index in [4.69, 9.17) is 0 Å². The van der Waals surface area contributed by atoms with Gasteiger partial charge in [-0.2, -0.15) is 0 Å². The quantitative estimate of drug-likeness (QED) is 0.728. The molecule has 0 spiro atoms. The minimum absolute atomic E-state index is 0.426. The molecule has 1 aromatic rings. The lowest BCUT2D eigenvalue weighted by molar-refractivity contribution is 0.673. The number of nitrogens with one attached hydrogen (secondary N) is 1. The summed E-state index contributed by atoms with van der Waals surface area (Å²) in [5.74, 6) is 0. The standard InChI is InChI=1S/C12H16N2/c1-9-6-4-5-7-12(9)14-11(3)8-10(2)13-14/h4-8,10,13H,1-3H3. The smallest absolute Gasteiger partial charge is 0.0603 e. The molecule has 2 heteroatoms. The van der Waals surface area contributed by atoms with Crippen molar-refractivity contribution in [2.24, 2.45) is 0 Å². The molecule has 2 nitrogen and oxygen atoms in total. The van der Waals surface area contributed by atoms with Crippen LogP contribution in [0.3, 0.4) is 0 Å². The summed E-state index contributed by atoms with van der Waals surface area (Å²) in [5, 5.41) is 2.15. The van der Waals surface area contributed by atoms with E-state index < -0.39 is 0 Å². The van der Waals surface area contributed by atoms with Crippen LogP contribution >= 0.6 is 0 Å². The van der Waals surface area contributed by atoms with Crippen molar-refractivity contribution in [1.82, 2.24) is 5.43 Å². The Labute approximate surface area is 85.2 Å². The molecular formula is C12H16N2. The highest BCUT2D eigenvalue weighted by Gasteiger charge is 2.18. The molecule has 0 saturated carbocycles. The predicted octanol–water partition coefficient (Wildman–Crippen LogP) is 2.61. The van der Waals surface area contributed by atoms with Crippen molar-refractivity contribution in [3.05, 3.63) is 41.6 Å². The third-order valence-corrected chi connectivity index (χ3v) is 2.53. The zero-order valence-electron chi connectivity index (χ0n) is 8.91. The van der Waals surface area contributed by atoms with Gasteiger partial charge < -0.3 is 0 Å². The van der Waals surface area contributed by atoms with E-state index in [0.29, 0.717) is 6.04 Å². The molecule has 0 radical (unpaired) electrons. The molecule has 2 rings (SSSR count). The second kappa shape index (κ2) is 3.46. The molecule has 14 heavy (non-hydrogen) atoms. The fraction of sp³-hybridized carbons (Fsp3) is 0.333. The van der Waals surface area contributed by atoms with Gasteiger partial charge in [0.2, 0.25) is 0 Å². The molecule has 1 aromatic carbocycles. The Bertz CT molecular complexity index is 368. The lowest BCUT2D eigenvalue weighted by Crippen LogP contribution is -2.35. The average Bonchev–Trinajstić information content (AvgIpc) is 2.46. The first-order valence-electron chi connectivity index (χ1n) is 4.99. The van der Waals surface area contributed by atoms with E-state index in [0.717, 1.165) is 0 Å². The van der Waals surface area contributed by atoms with Crippen molar-refractivity contribution >= 4 is 5.69 Å². The molecule has 1 aliphatic heterocycles. The number of para-hydroxylation sites is 1. The van der Waals surface area contributed by atoms with E-state index in [1.165, 1.54) is 16.9 Å². The summed E-state index contributed by atoms with van der Waals surface area (Å²) in [6.45, 7) is 6.41. The summed E-state index contributed by atoms with van der Waals surface area (Å²) in [5.41, 5.74) is 7.21. The first-order chi connectivity index (χ1) is 6.68. The average molecular weight is 188 g/mol. The first-order valence-corrected chi connectivity index (χ1v) is 4.99. The van der Waals surface area contributed by atoms with Gasteiger partial charge in [-0.3, -0.25) is 5.01 Å². The SMILES string of the molecule is CC1=CC(C)NN1c1ccccc1C. The summed E-state index contributed by atoms with van der Waals surface area (Å²) in [6, 6.07) is 8.83. The molecule has 1 N–H and O–H groups in total. The van der Waals surface area contributed by atoms with Gasteiger partial charge in [0, 0.05) is 11.7 Å². The largest absolute Gasteiger partial charge is 0.281 e. The molecule has 1 atom stereocenters. The van der Waals surface area contributed by atoms with Crippen molar-refractivity contribution in [2.45, 2.75) is 26.8 Å². The Hall–Kier alpha value is -1.28. The van der Waals surface area contributed by atoms with Crippen LogP contribution in [0.2, 0.25) is 0 Å². The van der Waals surface area contributed by atoms with Gasteiger partial charge in [0.05, 0.1) is 5.69 Å². The van der Waals surface area contributed by atoms with Crippen LogP contribution in [0.4, 0.5) is 5.69 Å². The van der Waals surface area contributed by atoms with Crippen LogP contribution in [0.1, 0.15) is 19.4 Å². The van der Waals surface area contributed by atoms with E-state index in [2.05, 4.69) is 61.5 Å². The highest BCUT2D eigenvalue weighted by molar-refractivity contribution is 5.57. The fourth-order valence-corrected chi connectivity index (χ4v) is 1.85. The lowest BCUT2D eigenvalue weighted by atomic mass is 10.2. The highest BCUT2D eigenvalue weighted by atomic mass is 15.5. The monoisotopic (exact) mass is 188 g/mol. The van der Waals surface area contributed by atoms with Gasteiger partial charge in [-0.15, -0.1) is 0 Å². The number of benzene rings is 1. The molecular weight excluding hydrogens is 172 g/mol. The van der Waals surface area contributed by atoms with Crippen molar-refractivity contribution in [1.29, 1.82) is 0 Å². The molecule has 0 amide bonds. The van der Waals surface area contributed by atoms with E-state index >= 15 is 0 Å². The van der Waals surface area contributed by atoms with Crippen LogP contribution in [0.15, 0.2) is 36.0 Å². The maximum absolute atomic E-state index is 3.40. The van der Waals surface area contributed by atoms with Crippen LogP contribution < -0.4 is 10.4 Å². The third kappa shape index (κ3) is 1.53. The minimum Gasteiger partial charge on any atom is -0.281 e. The zero-order valence-corrected chi connectivity index (χ0v) is 8.91. The van der Waals surface area contributed by atoms with Crippen LogP contribution in [0, 0.1) is 6.92 Å². The van der Waals surface area contributed by atoms with Crippen LogP contribution in [-0.4, -0.2) is 6.04 Å². The molecule has 74 valence electrons. The Morgan fingerprint density at radius 3 is 2.50 bits per heavy atom. The van der Waals surface area contributed by atoms with E-state index in [9.17, 15) is 0 Å². The van der Waals surface area contributed by atoms with Gasteiger partial charge >= 0.3 is 0 Å². The van der Waals surface area contributed by atoms with Crippen LogP contribution in [0.25, 0.3) is 0 Å². The maximum atomic E-state index is 3.40. The van der Waals surface area contributed by atoms with Crippen LogP contribution in [-0.2, 0) is 0 Å². The second-order valence-electron chi connectivity index (χ2n) is 3.85. The number of allylic oxidation sites excluding steroid dienone is 1. The molecule has 0 saturated heterocycles. The van der Waals surface area contributed by atoms with Crippen molar-refractivity contribution in [3.8, 4) is 0 Å².